The topological polar surface area (TPSA) is 93.2 Å². The Morgan fingerprint density at radius 1 is 1.17 bits per heavy atom. The number of hydrogen-bond acceptors (Lipinski definition) is 5. The molecule has 0 bridgehead atoms. The van der Waals surface area contributed by atoms with Gasteiger partial charge in [0.25, 0.3) is 0 Å². The fourth-order valence-electron chi connectivity index (χ4n) is 3.33. The van der Waals surface area contributed by atoms with Crippen molar-refractivity contribution in [2.75, 3.05) is 0 Å². The predicted octanol–water partition coefficient (Wildman–Crippen LogP) is 1.18. The zero-order valence-corrected chi connectivity index (χ0v) is 14.2. The van der Waals surface area contributed by atoms with Crippen LogP contribution >= 0.6 is 0 Å². The largest absolute Gasteiger partial charge is 0.460 e. The first-order valence-electron chi connectivity index (χ1n) is 8.58. The summed E-state index contributed by atoms with van der Waals surface area (Å²) in [4.78, 5) is 31.9. The Hall–Kier alpha value is -2.18. The Kier molecular flexibility index (Phi) is 4.97. The average molecular weight is 332 g/mol. The molecule has 1 saturated heterocycles. The molecule has 2 N–H and O–H groups in total. The number of amides is 2. The average Bonchev–Trinajstić information content (AvgIpc) is 2.95. The van der Waals surface area contributed by atoms with Gasteiger partial charge in [0.1, 0.15) is 12.1 Å². The van der Waals surface area contributed by atoms with Crippen molar-refractivity contribution in [3.63, 3.8) is 0 Å². The van der Waals surface area contributed by atoms with Gasteiger partial charge in [0.2, 0.25) is 11.8 Å². The van der Waals surface area contributed by atoms with Crippen LogP contribution in [0.25, 0.3) is 0 Å². The molecule has 1 atom stereocenters. The highest BCUT2D eigenvalue weighted by atomic mass is 16.5. The van der Waals surface area contributed by atoms with Gasteiger partial charge in [-0.3, -0.25) is 9.59 Å². The van der Waals surface area contributed by atoms with Gasteiger partial charge < -0.3 is 15.4 Å². The second kappa shape index (κ2) is 7.15. The number of aryl methyl sites for hydroxylation is 2. The summed E-state index contributed by atoms with van der Waals surface area (Å²) in [5.74, 6) is -0.108. The third kappa shape index (κ3) is 4.21. The number of nitrogens with one attached hydrogen (secondary N) is 2. The molecule has 3 rings (SSSR count). The quantitative estimate of drug-likeness (QED) is 0.863. The van der Waals surface area contributed by atoms with E-state index in [1.165, 1.54) is 0 Å². The van der Waals surface area contributed by atoms with Crippen molar-refractivity contribution in [1.29, 1.82) is 0 Å². The molecule has 7 nitrogen and oxygen atoms in total. The van der Waals surface area contributed by atoms with E-state index in [1.54, 1.807) is 0 Å². The zero-order chi connectivity index (χ0) is 17.1. The molecule has 7 heteroatoms. The fourth-order valence-corrected chi connectivity index (χ4v) is 3.33. The third-order valence-electron chi connectivity index (χ3n) is 4.57. The molecule has 2 amide bonds. The van der Waals surface area contributed by atoms with E-state index in [9.17, 15) is 9.59 Å². The lowest BCUT2D eigenvalue weighted by Crippen LogP contribution is -2.47. The molecule has 0 spiro atoms. The summed E-state index contributed by atoms with van der Waals surface area (Å²) in [7, 11) is 0. The molecule has 1 saturated carbocycles. The van der Waals surface area contributed by atoms with Gasteiger partial charge in [0.15, 0.2) is 0 Å². The third-order valence-corrected chi connectivity index (χ3v) is 4.57. The highest BCUT2D eigenvalue weighted by molar-refractivity contribution is 5.90. The standard InChI is InChI=1S/C17H24N4O3/c1-10-9-11(2)19-17(18-10)24-13-5-3-12(4-6-13)20-16(23)14-7-8-15(22)21-14/h9,12-14H,3-8H2,1-2H3,(H,20,23)(H,21,22)/t12?,13?,14-/m0/s1. The molecule has 130 valence electrons. The maximum Gasteiger partial charge on any atom is 0.317 e. The van der Waals surface area contributed by atoms with Crippen LogP contribution in [-0.2, 0) is 9.59 Å². The van der Waals surface area contributed by atoms with Crippen molar-refractivity contribution >= 4 is 11.8 Å². The van der Waals surface area contributed by atoms with Crippen molar-refractivity contribution in [2.24, 2.45) is 0 Å². The highest BCUT2D eigenvalue weighted by Crippen LogP contribution is 2.23. The fraction of sp³-hybridized carbons (Fsp3) is 0.647. The van der Waals surface area contributed by atoms with Gasteiger partial charge in [-0.15, -0.1) is 0 Å². The predicted molar refractivity (Wildman–Crippen MR) is 87.5 cm³/mol. The lowest BCUT2D eigenvalue weighted by Gasteiger charge is -2.29. The zero-order valence-electron chi connectivity index (χ0n) is 14.2. The Labute approximate surface area is 141 Å². The molecule has 2 fully saturated rings. The smallest absolute Gasteiger partial charge is 0.317 e. The van der Waals surface area contributed by atoms with Crippen molar-refractivity contribution in [3.8, 4) is 6.01 Å². The number of hydrogen-bond donors (Lipinski definition) is 2. The number of carbonyl (C=O) groups excluding carboxylic acids is 2. The van der Waals surface area contributed by atoms with E-state index in [2.05, 4.69) is 20.6 Å². The van der Waals surface area contributed by atoms with Gasteiger partial charge in [0, 0.05) is 23.9 Å². The molecule has 0 radical (unpaired) electrons. The minimum absolute atomic E-state index is 0.0410. The van der Waals surface area contributed by atoms with Crippen LogP contribution in [0.2, 0.25) is 0 Å². The van der Waals surface area contributed by atoms with Gasteiger partial charge >= 0.3 is 6.01 Å². The van der Waals surface area contributed by atoms with E-state index in [0.29, 0.717) is 18.9 Å². The van der Waals surface area contributed by atoms with E-state index < -0.39 is 0 Å². The SMILES string of the molecule is Cc1cc(C)nc(OC2CCC(NC(=O)[C@@H]3CCC(=O)N3)CC2)n1. The Bertz CT molecular complexity index is 606. The number of rotatable bonds is 4. The highest BCUT2D eigenvalue weighted by Gasteiger charge is 2.30. The second-order valence-corrected chi connectivity index (χ2v) is 6.69. The lowest BCUT2D eigenvalue weighted by molar-refractivity contribution is -0.126. The first kappa shape index (κ1) is 16.7. The molecule has 0 aromatic carbocycles. The Morgan fingerprint density at radius 2 is 1.83 bits per heavy atom. The first-order chi connectivity index (χ1) is 11.5. The van der Waals surface area contributed by atoms with Crippen LogP contribution in [0.4, 0.5) is 0 Å². The van der Waals surface area contributed by atoms with Crippen LogP contribution in [0.1, 0.15) is 49.9 Å². The molecule has 24 heavy (non-hydrogen) atoms. The summed E-state index contributed by atoms with van der Waals surface area (Å²) in [5.41, 5.74) is 1.80. The van der Waals surface area contributed by atoms with E-state index >= 15 is 0 Å². The molecule has 2 aliphatic rings. The van der Waals surface area contributed by atoms with E-state index in [4.69, 9.17) is 4.74 Å². The summed E-state index contributed by atoms with van der Waals surface area (Å²) < 4.78 is 5.89. The van der Waals surface area contributed by atoms with E-state index in [1.807, 2.05) is 19.9 Å². The van der Waals surface area contributed by atoms with Crippen molar-refractivity contribution < 1.29 is 14.3 Å². The van der Waals surface area contributed by atoms with E-state index in [-0.39, 0.29) is 30.0 Å². The lowest BCUT2D eigenvalue weighted by atomic mass is 9.92. The van der Waals surface area contributed by atoms with Crippen LogP contribution < -0.4 is 15.4 Å². The minimum Gasteiger partial charge on any atom is -0.460 e. The number of nitrogens with zero attached hydrogens (tertiary/aromatic N) is 2. The maximum atomic E-state index is 12.1. The molecule has 0 unspecified atom stereocenters. The van der Waals surface area contributed by atoms with Gasteiger partial charge in [-0.25, -0.2) is 9.97 Å². The maximum absolute atomic E-state index is 12.1. The van der Waals surface area contributed by atoms with Crippen LogP contribution in [0.5, 0.6) is 6.01 Å². The first-order valence-corrected chi connectivity index (χ1v) is 8.58. The molecule has 1 aromatic rings. The summed E-state index contributed by atoms with van der Waals surface area (Å²) >= 11 is 0. The number of carbonyl (C=O) groups is 2. The second-order valence-electron chi connectivity index (χ2n) is 6.69. The van der Waals surface area contributed by atoms with Crippen LogP contribution in [0, 0.1) is 13.8 Å². The van der Waals surface area contributed by atoms with Gasteiger partial charge in [0.05, 0.1) is 0 Å². The molecular formula is C17H24N4O3. The van der Waals surface area contributed by atoms with Crippen molar-refractivity contribution in [3.05, 3.63) is 17.5 Å². The van der Waals surface area contributed by atoms with Crippen molar-refractivity contribution in [2.45, 2.75) is 70.6 Å². The summed E-state index contributed by atoms with van der Waals surface area (Å²) in [6.45, 7) is 3.85. The van der Waals surface area contributed by atoms with Crippen molar-refractivity contribution in [1.82, 2.24) is 20.6 Å². The normalized spacial score (nSPS) is 26.8. The van der Waals surface area contributed by atoms with Crippen LogP contribution in [-0.4, -0.2) is 40.0 Å². The molecule has 1 aliphatic carbocycles. The summed E-state index contributed by atoms with van der Waals surface area (Å²) in [5, 5.41) is 5.75. The number of aromatic nitrogens is 2. The summed E-state index contributed by atoms with van der Waals surface area (Å²) in [6.07, 6.45) is 4.56. The monoisotopic (exact) mass is 332 g/mol. The molecule has 2 heterocycles. The Morgan fingerprint density at radius 3 is 2.42 bits per heavy atom. The van der Waals surface area contributed by atoms with Crippen LogP contribution in [0.15, 0.2) is 6.07 Å². The molecule has 1 aromatic heterocycles. The van der Waals surface area contributed by atoms with Gasteiger partial charge in [-0.1, -0.05) is 0 Å². The number of ether oxygens (including phenoxy) is 1. The van der Waals surface area contributed by atoms with Gasteiger partial charge in [-0.2, -0.15) is 0 Å². The molecule has 1 aliphatic heterocycles. The molecular weight excluding hydrogens is 308 g/mol. The van der Waals surface area contributed by atoms with Gasteiger partial charge in [-0.05, 0) is 52.0 Å². The Balaban J connectivity index is 1.45. The minimum atomic E-state index is -0.366. The summed E-state index contributed by atoms with van der Waals surface area (Å²) in [6, 6.07) is 2.14. The van der Waals surface area contributed by atoms with E-state index in [0.717, 1.165) is 37.1 Å². The van der Waals surface area contributed by atoms with Crippen LogP contribution in [0.3, 0.4) is 0 Å².